The minimum Gasteiger partial charge on any atom is -0.354 e. The Morgan fingerprint density at radius 3 is 2.16 bits per heavy atom. The molecule has 0 spiro atoms. The molecule has 2 amide bonds. The number of likely N-dealkylation sites (tertiary alicyclic amines) is 1. The minimum absolute atomic E-state index is 0.000989. The summed E-state index contributed by atoms with van der Waals surface area (Å²) in [5, 5.41) is 3.15. The Morgan fingerprint density at radius 2 is 1.59 bits per heavy atom. The summed E-state index contributed by atoms with van der Waals surface area (Å²) in [7, 11) is 0. The lowest BCUT2D eigenvalue weighted by Gasteiger charge is -2.28. The van der Waals surface area contributed by atoms with Gasteiger partial charge in [-0.1, -0.05) is 87.4 Å². The fourth-order valence-corrected chi connectivity index (χ4v) is 4.84. The van der Waals surface area contributed by atoms with Gasteiger partial charge in [-0.25, -0.2) is 0 Å². The maximum atomic E-state index is 13.1. The number of nitrogens with zero attached hydrogens (tertiary/aromatic N) is 1. The molecule has 32 heavy (non-hydrogen) atoms. The van der Waals surface area contributed by atoms with Crippen molar-refractivity contribution in [2.45, 2.75) is 70.8 Å². The van der Waals surface area contributed by atoms with Crippen LogP contribution in [0, 0.1) is 5.92 Å². The van der Waals surface area contributed by atoms with Gasteiger partial charge in [-0.15, -0.1) is 0 Å². The average Bonchev–Trinajstić information content (AvgIpc) is 3.33. The van der Waals surface area contributed by atoms with Crippen molar-refractivity contribution in [2.24, 2.45) is 5.92 Å². The minimum atomic E-state index is -0.315. The van der Waals surface area contributed by atoms with Gasteiger partial charge in [0.25, 0.3) is 0 Å². The summed E-state index contributed by atoms with van der Waals surface area (Å²) in [5.41, 5.74) is 2.51. The van der Waals surface area contributed by atoms with Crippen molar-refractivity contribution in [3.8, 4) is 0 Å². The van der Waals surface area contributed by atoms with Crippen molar-refractivity contribution in [3.63, 3.8) is 0 Å². The summed E-state index contributed by atoms with van der Waals surface area (Å²) < 4.78 is 0. The quantitative estimate of drug-likeness (QED) is 0.505. The third-order valence-electron chi connectivity index (χ3n) is 6.72. The van der Waals surface area contributed by atoms with Crippen molar-refractivity contribution in [1.82, 2.24) is 10.2 Å². The number of benzene rings is 2. The molecule has 2 atom stereocenters. The number of unbranched alkanes of at least 4 members (excludes halogenated alkanes) is 1. The predicted molar refractivity (Wildman–Crippen MR) is 130 cm³/mol. The van der Waals surface area contributed by atoms with E-state index in [1.54, 1.807) is 0 Å². The molecule has 2 unspecified atom stereocenters. The second-order valence-electron chi connectivity index (χ2n) is 8.89. The zero-order valence-corrected chi connectivity index (χ0v) is 19.6. The maximum Gasteiger partial charge on any atom is 0.242 e. The highest BCUT2D eigenvalue weighted by molar-refractivity contribution is 5.89. The van der Waals surface area contributed by atoms with Gasteiger partial charge >= 0.3 is 0 Å². The van der Waals surface area contributed by atoms with Crippen molar-refractivity contribution >= 4 is 11.8 Å². The molecule has 0 aliphatic carbocycles. The molecule has 2 aromatic carbocycles. The third kappa shape index (κ3) is 6.21. The third-order valence-corrected chi connectivity index (χ3v) is 6.72. The first kappa shape index (κ1) is 24.0. The van der Waals surface area contributed by atoms with Crippen LogP contribution in [0.3, 0.4) is 0 Å². The molecule has 3 rings (SSSR count). The first-order chi connectivity index (χ1) is 15.7. The summed E-state index contributed by atoms with van der Waals surface area (Å²) in [4.78, 5) is 28.0. The lowest BCUT2D eigenvalue weighted by molar-refractivity contribution is -0.141. The molecule has 2 aromatic rings. The van der Waals surface area contributed by atoms with Gasteiger partial charge in [-0.2, -0.15) is 0 Å². The van der Waals surface area contributed by atoms with Gasteiger partial charge < -0.3 is 10.2 Å². The Bertz CT molecular complexity index is 798. The van der Waals surface area contributed by atoms with Crippen molar-refractivity contribution in [3.05, 3.63) is 71.8 Å². The summed E-state index contributed by atoms with van der Waals surface area (Å²) in [6, 6.07) is 20.6. The van der Waals surface area contributed by atoms with E-state index in [-0.39, 0.29) is 29.7 Å². The zero-order valence-electron chi connectivity index (χ0n) is 19.6. The molecule has 1 N–H and O–H groups in total. The molecule has 1 heterocycles. The molecular weight excluding hydrogens is 396 g/mol. The van der Waals surface area contributed by atoms with E-state index < -0.39 is 0 Å². The van der Waals surface area contributed by atoms with Gasteiger partial charge in [0.1, 0.15) is 6.04 Å². The Hall–Kier alpha value is -2.62. The van der Waals surface area contributed by atoms with Gasteiger partial charge in [0.2, 0.25) is 11.8 Å². The van der Waals surface area contributed by atoms with Gasteiger partial charge in [0.15, 0.2) is 0 Å². The van der Waals surface area contributed by atoms with E-state index in [4.69, 9.17) is 0 Å². The molecule has 1 saturated heterocycles. The highest BCUT2D eigenvalue weighted by Crippen LogP contribution is 2.28. The molecule has 0 bridgehead atoms. The van der Waals surface area contributed by atoms with Crippen LogP contribution in [0.2, 0.25) is 0 Å². The zero-order chi connectivity index (χ0) is 22.8. The highest BCUT2D eigenvalue weighted by Gasteiger charge is 2.36. The summed E-state index contributed by atoms with van der Waals surface area (Å²) in [6.07, 6.45) is 6.43. The van der Waals surface area contributed by atoms with Crippen LogP contribution in [0.5, 0.6) is 0 Å². The molecule has 4 nitrogen and oxygen atoms in total. The van der Waals surface area contributed by atoms with Crippen LogP contribution in [0.15, 0.2) is 60.7 Å². The number of hydrogen-bond donors (Lipinski definition) is 1. The summed E-state index contributed by atoms with van der Waals surface area (Å²) >= 11 is 0. The topological polar surface area (TPSA) is 49.4 Å². The molecule has 0 aromatic heterocycles. The van der Waals surface area contributed by atoms with Crippen LogP contribution in [-0.2, 0) is 9.59 Å². The maximum absolute atomic E-state index is 13.1. The van der Waals surface area contributed by atoms with Crippen LogP contribution < -0.4 is 5.32 Å². The Morgan fingerprint density at radius 1 is 0.969 bits per heavy atom. The first-order valence-corrected chi connectivity index (χ1v) is 12.3. The largest absolute Gasteiger partial charge is 0.354 e. The van der Waals surface area contributed by atoms with Crippen LogP contribution >= 0.6 is 0 Å². The van der Waals surface area contributed by atoms with E-state index >= 15 is 0 Å². The van der Waals surface area contributed by atoms with Gasteiger partial charge in [-0.3, -0.25) is 9.59 Å². The fourth-order valence-electron chi connectivity index (χ4n) is 4.84. The summed E-state index contributed by atoms with van der Waals surface area (Å²) in [5.74, 6) is 0.451. The number of hydrogen-bond acceptors (Lipinski definition) is 2. The van der Waals surface area contributed by atoms with Crippen molar-refractivity contribution < 1.29 is 9.59 Å². The van der Waals surface area contributed by atoms with Gasteiger partial charge in [0, 0.05) is 24.9 Å². The molecular formula is C28H38N2O2. The highest BCUT2D eigenvalue weighted by atomic mass is 16.2. The lowest BCUT2D eigenvalue weighted by Crippen LogP contribution is -2.48. The first-order valence-electron chi connectivity index (χ1n) is 12.3. The normalized spacial score (nSPS) is 16.8. The van der Waals surface area contributed by atoms with E-state index in [0.29, 0.717) is 13.1 Å². The number of amides is 2. The molecule has 1 fully saturated rings. The van der Waals surface area contributed by atoms with Crippen molar-refractivity contribution in [1.29, 1.82) is 0 Å². The lowest BCUT2D eigenvalue weighted by atomic mass is 9.88. The molecule has 0 saturated carbocycles. The van der Waals surface area contributed by atoms with Crippen LogP contribution in [0.1, 0.15) is 75.8 Å². The van der Waals surface area contributed by atoms with E-state index in [9.17, 15) is 9.59 Å². The second kappa shape index (κ2) is 12.4. The Balaban J connectivity index is 1.60. The number of carbonyl (C=O) groups excluding carboxylic acids is 2. The molecule has 172 valence electrons. The van der Waals surface area contributed by atoms with E-state index in [1.807, 2.05) is 17.0 Å². The number of rotatable bonds is 11. The number of carbonyl (C=O) groups is 2. The Labute approximate surface area is 193 Å². The fraction of sp³-hybridized carbons (Fsp3) is 0.500. The molecule has 0 radical (unpaired) electrons. The average molecular weight is 435 g/mol. The molecule has 1 aliphatic heterocycles. The van der Waals surface area contributed by atoms with Crippen LogP contribution in [-0.4, -0.2) is 35.8 Å². The van der Waals surface area contributed by atoms with Crippen LogP contribution in [0.4, 0.5) is 0 Å². The molecule has 1 aliphatic rings. The van der Waals surface area contributed by atoms with Crippen LogP contribution in [0.25, 0.3) is 0 Å². The standard InChI is InChI=1S/C28H38N2O2/c1-3-5-13-22(4-2)28(32)30-21-12-18-26(30)27(31)29-20-19-25(23-14-8-6-9-15-23)24-16-10-7-11-17-24/h6-11,14-17,22,25-26H,3-5,12-13,18-21H2,1-2H3,(H,29,31). The van der Waals surface area contributed by atoms with E-state index in [2.05, 4.69) is 67.7 Å². The summed E-state index contributed by atoms with van der Waals surface area (Å²) in [6.45, 7) is 5.53. The number of nitrogens with one attached hydrogen (secondary N) is 1. The van der Waals surface area contributed by atoms with E-state index in [1.165, 1.54) is 11.1 Å². The SMILES string of the molecule is CCCCC(CC)C(=O)N1CCCC1C(=O)NCCC(c1ccccc1)c1ccccc1. The van der Waals surface area contributed by atoms with E-state index in [0.717, 1.165) is 44.9 Å². The van der Waals surface area contributed by atoms with Crippen molar-refractivity contribution in [2.75, 3.05) is 13.1 Å². The Kier molecular flexibility index (Phi) is 9.33. The smallest absolute Gasteiger partial charge is 0.242 e. The van der Waals surface area contributed by atoms with Gasteiger partial charge in [0.05, 0.1) is 0 Å². The monoisotopic (exact) mass is 434 g/mol. The van der Waals surface area contributed by atoms with Gasteiger partial charge in [-0.05, 0) is 43.2 Å². The molecule has 4 heteroatoms. The predicted octanol–water partition coefficient (Wildman–Crippen LogP) is 5.53. The second-order valence-corrected chi connectivity index (χ2v) is 8.89.